The molecule has 1 fully saturated rings. The van der Waals surface area contributed by atoms with E-state index in [4.69, 9.17) is 5.10 Å². The van der Waals surface area contributed by atoms with Crippen LogP contribution in [0.25, 0.3) is 10.8 Å². The van der Waals surface area contributed by atoms with Crippen molar-refractivity contribution < 1.29 is 0 Å². The molecule has 3 heteroatoms. The van der Waals surface area contributed by atoms with Gasteiger partial charge >= 0.3 is 0 Å². The lowest BCUT2D eigenvalue weighted by Crippen LogP contribution is -2.43. The minimum Gasteiger partial charge on any atom is -0.295 e. The van der Waals surface area contributed by atoms with Crippen molar-refractivity contribution in [3.63, 3.8) is 0 Å². The summed E-state index contributed by atoms with van der Waals surface area (Å²) in [7, 11) is 0. The van der Waals surface area contributed by atoms with Gasteiger partial charge in [0.2, 0.25) is 0 Å². The lowest BCUT2D eigenvalue weighted by atomic mass is 9.87. The fourth-order valence-electron chi connectivity index (χ4n) is 3.90. The van der Waals surface area contributed by atoms with E-state index in [0.717, 1.165) is 38.3 Å². The number of piperazine rings is 1. The largest absolute Gasteiger partial charge is 0.295 e. The van der Waals surface area contributed by atoms with E-state index < -0.39 is 0 Å². The maximum atomic E-state index is 4.72. The molecule has 150 valence electrons. The van der Waals surface area contributed by atoms with Crippen molar-refractivity contribution in [2.45, 2.75) is 32.7 Å². The maximum Gasteiger partial charge on any atom is 0.0542 e. The van der Waals surface area contributed by atoms with Gasteiger partial charge in [0, 0.05) is 32.7 Å². The van der Waals surface area contributed by atoms with Gasteiger partial charge in [-0.25, -0.2) is 0 Å². The molecule has 0 aliphatic carbocycles. The smallest absolute Gasteiger partial charge is 0.0542 e. The average Bonchev–Trinajstić information content (AvgIpc) is 2.73. The fourth-order valence-corrected chi connectivity index (χ4v) is 3.90. The third kappa shape index (κ3) is 4.86. The zero-order chi connectivity index (χ0) is 20.3. The molecule has 1 saturated heterocycles. The Morgan fingerprint density at radius 1 is 0.828 bits per heavy atom. The molecular formula is C26H31N3. The highest BCUT2D eigenvalue weighted by molar-refractivity contribution is 5.85. The van der Waals surface area contributed by atoms with Crippen LogP contribution in [0.15, 0.2) is 71.8 Å². The average molecular weight is 386 g/mol. The first-order valence-electron chi connectivity index (χ1n) is 10.6. The van der Waals surface area contributed by atoms with Crippen LogP contribution in [0.3, 0.4) is 0 Å². The minimum absolute atomic E-state index is 0.191. The standard InChI is InChI=1S/C26H31N3/c1-26(2,3)24-13-11-21(12-14-24)19-27-29-17-15-28(16-18-29)20-23-9-6-8-22-7-4-5-10-25(22)23/h4-14,19H,15-18,20H2,1-3H3/b27-19+. The van der Waals surface area contributed by atoms with E-state index in [-0.39, 0.29) is 5.41 Å². The maximum absolute atomic E-state index is 4.72. The van der Waals surface area contributed by atoms with E-state index in [1.807, 2.05) is 6.21 Å². The second-order valence-corrected chi connectivity index (χ2v) is 8.98. The molecule has 0 amide bonds. The SMILES string of the molecule is CC(C)(C)c1ccc(/C=N/N2CCN(Cc3cccc4ccccc34)CC2)cc1. The van der Waals surface area contributed by atoms with Crippen molar-refractivity contribution in [2.75, 3.05) is 26.2 Å². The van der Waals surface area contributed by atoms with Crippen molar-refractivity contribution in [1.82, 2.24) is 9.91 Å². The summed E-state index contributed by atoms with van der Waals surface area (Å²) in [5, 5.41) is 9.60. The Morgan fingerprint density at radius 2 is 1.52 bits per heavy atom. The quantitative estimate of drug-likeness (QED) is 0.568. The van der Waals surface area contributed by atoms with Gasteiger partial charge in [-0.3, -0.25) is 9.91 Å². The summed E-state index contributed by atoms with van der Waals surface area (Å²) in [5.41, 5.74) is 4.13. The zero-order valence-corrected chi connectivity index (χ0v) is 17.8. The summed E-state index contributed by atoms with van der Waals surface area (Å²) >= 11 is 0. The molecule has 1 aliphatic rings. The van der Waals surface area contributed by atoms with Gasteiger partial charge in [-0.05, 0) is 32.9 Å². The molecule has 0 radical (unpaired) electrons. The molecule has 0 atom stereocenters. The Bertz CT molecular complexity index is 970. The van der Waals surface area contributed by atoms with E-state index in [0.29, 0.717) is 0 Å². The summed E-state index contributed by atoms with van der Waals surface area (Å²) in [5.74, 6) is 0. The second-order valence-electron chi connectivity index (χ2n) is 8.98. The molecule has 3 aromatic carbocycles. The predicted octanol–water partition coefficient (Wildman–Crippen LogP) is 5.29. The number of rotatable bonds is 4. The van der Waals surface area contributed by atoms with Crippen molar-refractivity contribution in [3.05, 3.63) is 83.4 Å². The molecule has 0 bridgehead atoms. The molecule has 0 N–H and O–H groups in total. The van der Waals surface area contributed by atoms with Crippen molar-refractivity contribution >= 4 is 17.0 Å². The molecule has 0 unspecified atom stereocenters. The topological polar surface area (TPSA) is 18.8 Å². The summed E-state index contributed by atoms with van der Waals surface area (Å²) in [6, 6.07) is 24.0. The highest BCUT2D eigenvalue weighted by Crippen LogP contribution is 2.22. The predicted molar refractivity (Wildman–Crippen MR) is 124 cm³/mol. The first-order valence-corrected chi connectivity index (χ1v) is 10.6. The molecule has 1 heterocycles. The van der Waals surface area contributed by atoms with Gasteiger partial charge in [-0.15, -0.1) is 0 Å². The van der Waals surface area contributed by atoms with Gasteiger partial charge in [-0.1, -0.05) is 87.5 Å². The molecule has 0 saturated carbocycles. The summed E-state index contributed by atoms with van der Waals surface area (Å²) in [6.45, 7) is 11.8. The molecule has 3 aromatic rings. The van der Waals surface area contributed by atoms with Crippen LogP contribution in [-0.2, 0) is 12.0 Å². The minimum atomic E-state index is 0.191. The first kappa shape index (κ1) is 19.7. The summed E-state index contributed by atoms with van der Waals surface area (Å²) in [4.78, 5) is 2.53. The van der Waals surface area contributed by atoms with Gasteiger partial charge < -0.3 is 0 Å². The van der Waals surface area contributed by atoms with Crippen LogP contribution in [0.2, 0.25) is 0 Å². The third-order valence-electron chi connectivity index (χ3n) is 5.77. The third-order valence-corrected chi connectivity index (χ3v) is 5.77. The van der Waals surface area contributed by atoms with E-state index in [9.17, 15) is 0 Å². The highest BCUT2D eigenvalue weighted by Gasteiger charge is 2.16. The normalized spacial score (nSPS) is 16.0. The molecule has 0 aromatic heterocycles. The molecule has 3 nitrogen and oxygen atoms in total. The second kappa shape index (κ2) is 8.38. The Labute approximate surface area is 174 Å². The number of fused-ring (bicyclic) bond motifs is 1. The Hall–Kier alpha value is -2.65. The van der Waals surface area contributed by atoms with Crippen LogP contribution in [-0.4, -0.2) is 42.3 Å². The number of hydrogen-bond donors (Lipinski definition) is 0. The van der Waals surface area contributed by atoms with Gasteiger partial charge in [0.25, 0.3) is 0 Å². The Kier molecular flexibility index (Phi) is 5.68. The molecular weight excluding hydrogens is 354 g/mol. The zero-order valence-electron chi connectivity index (χ0n) is 17.8. The molecule has 4 rings (SSSR count). The number of hydrogen-bond acceptors (Lipinski definition) is 3. The van der Waals surface area contributed by atoms with Crippen molar-refractivity contribution in [2.24, 2.45) is 5.10 Å². The van der Waals surface area contributed by atoms with Crippen molar-refractivity contribution in [1.29, 1.82) is 0 Å². The monoisotopic (exact) mass is 385 g/mol. The van der Waals surface area contributed by atoms with Gasteiger partial charge in [0.1, 0.15) is 0 Å². The number of nitrogens with zero attached hydrogens (tertiary/aromatic N) is 3. The lowest BCUT2D eigenvalue weighted by molar-refractivity contribution is 0.131. The number of hydrazone groups is 1. The van der Waals surface area contributed by atoms with E-state index in [1.165, 1.54) is 21.9 Å². The first-order chi connectivity index (χ1) is 14.0. The van der Waals surface area contributed by atoms with Crippen LogP contribution < -0.4 is 0 Å². The van der Waals surface area contributed by atoms with Crippen LogP contribution in [0.5, 0.6) is 0 Å². The molecule has 0 spiro atoms. The Balaban J connectivity index is 1.33. The molecule has 29 heavy (non-hydrogen) atoms. The summed E-state index contributed by atoms with van der Waals surface area (Å²) < 4.78 is 0. The number of benzene rings is 3. The van der Waals surface area contributed by atoms with E-state index in [1.54, 1.807) is 0 Å². The van der Waals surface area contributed by atoms with Gasteiger partial charge in [0.05, 0.1) is 6.21 Å². The van der Waals surface area contributed by atoms with Crippen LogP contribution in [0.1, 0.15) is 37.5 Å². The van der Waals surface area contributed by atoms with E-state index >= 15 is 0 Å². The fraction of sp³-hybridized carbons (Fsp3) is 0.346. The van der Waals surface area contributed by atoms with Crippen LogP contribution >= 0.6 is 0 Å². The van der Waals surface area contributed by atoms with Crippen molar-refractivity contribution in [3.8, 4) is 0 Å². The lowest BCUT2D eigenvalue weighted by Gasteiger charge is -2.33. The summed E-state index contributed by atoms with van der Waals surface area (Å²) in [6.07, 6.45) is 1.99. The Morgan fingerprint density at radius 3 is 2.24 bits per heavy atom. The van der Waals surface area contributed by atoms with E-state index in [2.05, 4.69) is 97.4 Å². The molecule has 1 aliphatic heterocycles. The van der Waals surface area contributed by atoms with Crippen LogP contribution in [0.4, 0.5) is 0 Å². The highest BCUT2D eigenvalue weighted by atomic mass is 15.5. The van der Waals surface area contributed by atoms with Gasteiger partial charge in [0.15, 0.2) is 0 Å². The van der Waals surface area contributed by atoms with Crippen LogP contribution in [0, 0.1) is 0 Å². The van der Waals surface area contributed by atoms with Gasteiger partial charge in [-0.2, -0.15) is 5.10 Å².